The van der Waals surface area contributed by atoms with Crippen molar-refractivity contribution in [3.63, 3.8) is 0 Å². The lowest BCUT2D eigenvalue weighted by atomic mass is 10.1. The fraction of sp³-hybridized carbons (Fsp3) is 0.379. The van der Waals surface area contributed by atoms with Crippen molar-refractivity contribution in [1.82, 2.24) is 20.0 Å². The highest BCUT2D eigenvalue weighted by molar-refractivity contribution is 5.97. The molecular formula is C29H33N5O3. The van der Waals surface area contributed by atoms with E-state index in [0.29, 0.717) is 30.9 Å². The van der Waals surface area contributed by atoms with Gasteiger partial charge in [-0.15, -0.1) is 10.2 Å². The Balaban J connectivity index is 1.19. The van der Waals surface area contributed by atoms with Gasteiger partial charge in [0.15, 0.2) is 5.82 Å². The minimum Gasteiger partial charge on any atom is -0.497 e. The van der Waals surface area contributed by atoms with Crippen molar-refractivity contribution in [3.05, 3.63) is 71.8 Å². The molecule has 1 saturated heterocycles. The lowest BCUT2D eigenvalue weighted by Crippen LogP contribution is -2.45. The maximum absolute atomic E-state index is 13.3. The van der Waals surface area contributed by atoms with Crippen LogP contribution in [0.5, 0.6) is 5.75 Å². The summed E-state index contributed by atoms with van der Waals surface area (Å²) in [4.78, 5) is 32.2. The zero-order chi connectivity index (χ0) is 25.8. The van der Waals surface area contributed by atoms with Crippen molar-refractivity contribution in [1.29, 1.82) is 0 Å². The third-order valence-corrected chi connectivity index (χ3v) is 7.06. The zero-order valence-corrected chi connectivity index (χ0v) is 21.5. The van der Waals surface area contributed by atoms with E-state index < -0.39 is 0 Å². The minimum atomic E-state index is -0.0982. The van der Waals surface area contributed by atoms with Gasteiger partial charge < -0.3 is 19.4 Å². The number of ether oxygens (including phenoxy) is 1. The number of carbonyl (C=O) groups is 2. The molecule has 0 N–H and O–H groups in total. The minimum absolute atomic E-state index is 0.00332. The fourth-order valence-corrected chi connectivity index (χ4v) is 4.67. The Morgan fingerprint density at radius 1 is 0.919 bits per heavy atom. The van der Waals surface area contributed by atoms with Gasteiger partial charge in [-0.1, -0.05) is 29.8 Å². The van der Waals surface area contributed by atoms with Crippen LogP contribution in [0.2, 0.25) is 0 Å². The molecule has 0 atom stereocenters. The van der Waals surface area contributed by atoms with Crippen LogP contribution < -0.4 is 9.64 Å². The number of nitrogens with zero attached hydrogens (tertiary/aromatic N) is 5. The number of amides is 2. The Kier molecular flexibility index (Phi) is 7.35. The molecule has 0 radical (unpaired) electrons. The summed E-state index contributed by atoms with van der Waals surface area (Å²) >= 11 is 0. The van der Waals surface area contributed by atoms with Crippen LogP contribution in [0.3, 0.4) is 0 Å². The molecule has 2 amide bonds. The number of anilines is 1. The molecule has 0 unspecified atom stereocenters. The molecule has 5 rings (SSSR count). The Morgan fingerprint density at radius 3 is 2.32 bits per heavy atom. The van der Waals surface area contributed by atoms with E-state index in [9.17, 15) is 9.59 Å². The van der Waals surface area contributed by atoms with Crippen molar-refractivity contribution in [2.45, 2.75) is 32.2 Å². The summed E-state index contributed by atoms with van der Waals surface area (Å²) in [5, 5.41) is 8.91. The molecule has 8 nitrogen and oxygen atoms in total. The maximum atomic E-state index is 13.3. The van der Waals surface area contributed by atoms with Crippen LogP contribution in [-0.2, 0) is 4.79 Å². The Morgan fingerprint density at radius 2 is 1.68 bits per heavy atom. The molecular weight excluding hydrogens is 466 g/mol. The van der Waals surface area contributed by atoms with Crippen LogP contribution in [0.1, 0.15) is 35.2 Å². The normalized spacial score (nSPS) is 15.7. The quantitative estimate of drug-likeness (QED) is 0.492. The van der Waals surface area contributed by atoms with Crippen molar-refractivity contribution < 1.29 is 14.3 Å². The van der Waals surface area contributed by atoms with E-state index in [2.05, 4.69) is 46.3 Å². The fourth-order valence-electron chi connectivity index (χ4n) is 4.67. The second-order valence-corrected chi connectivity index (χ2v) is 9.76. The Bertz CT molecular complexity index is 1220. The standard InChI is InChI=1S/C29H33N5O3/c1-21-4-6-22(7-5-21)26-14-15-27(31-30-26)32-16-3-17-33(19-18-32)28(35)20-34(24-10-11-24)29(36)23-8-12-25(37-2)13-9-23/h4-9,12-15,24H,3,10-11,16-20H2,1-2H3. The number of carbonyl (C=O) groups excluding carboxylic acids is 2. The molecule has 3 aromatic rings. The van der Waals surface area contributed by atoms with Crippen LogP contribution in [0.25, 0.3) is 11.3 Å². The summed E-state index contributed by atoms with van der Waals surface area (Å²) < 4.78 is 5.20. The van der Waals surface area contributed by atoms with Gasteiger partial charge in [-0.3, -0.25) is 9.59 Å². The van der Waals surface area contributed by atoms with Gasteiger partial charge in [-0.05, 0) is 62.6 Å². The van der Waals surface area contributed by atoms with Crippen LogP contribution >= 0.6 is 0 Å². The highest BCUT2D eigenvalue weighted by Crippen LogP contribution is 2.29. The van der Waals surface area contributed by atoms with Crippen LogP contribution in [-0.4, -0.2) is 77.7 Å². The summed E-state index contributed by atoms with van der Waals surface area (Å²) in [7, 11) is 1.60. The molecule has 192 valence electrons. The van der Waals surface area contributed by atoms with Gasteiger partial charge in [0.1, 0.15) is 12.3 Å². The second kappa shape index (κ2) is 11.0. The van der Waals surface area contributed by atoms with E-state index in [0.717, 1.165) is 42.9 Å². The number of hydrogen-bond acceptors (Lipinski definition) is 6. The number of benzene rings is 2. The number of rotatable bonds is 7. The van der Waals surface area contributed by atoms with E-state index in [-0.39, 0.29) is 24.4 Å². The predicted molar refractivity (Wildman–Crippen MR) is 143 cm³/mol. The largest absolute Gasteiger partial charge is 0.497 e. The van der Waals surface area contributed by atoms with E-state index >= 15 is 0 Å². The third-order valence-electron chi connectivity index (χ3n) is 7.06. The topological polar surface area (TPSA) is 78.9 Å². The summed E-state index contributed by atoms with van der Waals surface area (Å²) in [6.07, 6.45) is 2.73. The SMILES string of the molecule is COc1ccc(C(=O)N(CC(=O)N2CCCN(c3ccc(-c4ccc(C)cc4)nn3)CC2)C2CC2)cc1. The molecule has 2 fully saturated rings. The van der Waals surface area contributed by atoms with Crippen molar-refractivity contribution >= 4 is 17.6 Å². The maximum Gasteiger partial charge on any atom is 0.254 e. The predicted octanol–water partition coefficient (Wildman–Crippen LogP) is 3.80. The lowest BCUT2D eigenvalue weighted by molar-refractivity contribution is -0.131. The number of hydrogen-bond donors (Lipinski definition) is 0. The van der Waals surface area contributed by atoms with Crippen LogP contribution in [0.15, 0.2) is 60.7 Å². The molecule has 37 heavy (non-hydrogen) atoms. The van der Waals surface area contributed by atoms with Crippen molar-refractivity contribution in [3.8, 4) is 17.0 Å². The van der Waals surface area contributed by atoms with Crippen molar-refractivity contribution in [2.24, 2.45) is 0 Å². The summed E-state index contributed by atoms with van der Waals surface area (Å²) in [5.41, 5.74) is 3.68. The van der Waals surface area contributed by atoms with Gasteiger partial charge in [-0.25, -0.2) is 0 Å². The molecule has 8 heteroatoms. The first-order chi connectivity index (χ1) is 18.0. The molecule has 0 spiro atoms. The molecule has 2 aliphatic rings. The Labute approximate surface area is 217 Å². The zero-order valence-electron chi connectivity index (χ0n) is 21.5. The Hall–Kier alpha value is -3.94. The first-order valence-corrected chi connectivity index (χ1v) is 12.9. The van der Waals surface area contributed by atoms with Crippen molar-refractivity contribution in [2.75, 3.05) is 44.7 Å². The average molecular weight is 500 g/mol. The van der Waals surface area contributed by atoms with E-state index in [1.807, 2.05) is 17.0 Å². The van der Waals surface area contributed by atoms with Gasteiger partial charge in [0, 0.05) is 43.3 Å². The molecule has 1 aliphatic heterocycles. The molecule has 1 aromatic heterocycles. The first kappa shape index (κ1) is 24.7. The number of aryl methyl sites for hydroxylation is 1. The monoisotopic (exact) mass is 499 g/mol. The highest BCUT2D eigenvalue weighted by Gasteiger charge is 2.35. The lowest BCUT2D eigenvalue weighted by Gasteiger charge is -2.27. The van der Waals surface area contributed by atoms with E-state index in [1.165, 1.54) is 5.56 Å². The molecule has 1 saturated carbocycles. The summed E-state index contributed by atoms with van der Waals surface area (Å²) in [5.74, 6) is 1.42. The summed E-state index contributed by atoms with van der Waals surface area (Å²) in [6.45, 7) is 4.92. The van der Waals surface area contributed by atoms with Gasteiger partial charge in [0.25, 0.3) is 5.91 Å². The van der Waals surface area contributed by atoms with Gasteiger partial charge in [-0.2, -0.15) is 0 Å². The summed E-state index contributed by atoms with van der Waals surface area (Å²) in [6, 6.07) is 19.5. The molecule has 2 heterocycles. The van der Waals surface area contributed by atoms with E-state index in [4.69, 9.17) is 4.74 Å². The van der Waals surface area contributed by atoms with Gasteiger partial charge in [0.05, 0.1) is 12.8 Å². The van der Waals surface area contributed by atoms with Crippen LogP contribution in [0, 0.1) is 6.92 Å². The molecule has 0 bridgehead atoms. The molecule has 1 aliphatic carbocycles. The number of aromatic nitrogens is 2. The smallest absolute Gasteiger partial charge is 0.254 e. The third kappa shape index (κ3) is 5.90. The first-order valence-electron chi connectivity index (χ1n) is 12.9. The highest BCUT2D eigenvalue weighted by atomic mass is 16.5. The number of methoxy groups -OCH3 is 1. The second-order valence-electron chi connectivity index (χ2n) is 9.76. The van der Waals surface area contributed by atoms with Crippen LogP contribution in [0.4, 0.5) is 5.82 Å². The van der Waals surface area contributed by atoms with Gasteiger partial charge in [0.2, 0.25) is 5.91 Å². The molecule has 2 aromatic carbocycles. The van der Waals surface area contributed by atoms with E-state index in [1.54, 1.807) is 36.3 Å². The average Bonchev–Trinajstić information content (AvgIpc) is 3.79. The van der Waals surface area contributed by atoms with Gasteiger partial charge >= 0.3 is 0 Å².